The van der Waals surface area contributed by atoms with Crippen LogP contribution in [0.4, 0.5) is 8.78 Å². The Balaban J connectivity index is 1.42. The van der Waals surface area contributed by atoms with Crippen molar-refractivity contribution in [2.45, 2.75) is 26.2 Å². The highest BCUT2D eigenvalue weighted by atomic mass is 35.5. The Hall–Kier alpha value is -3.13. The van der Waals surface area contributed by atoms with Crippen LogP contribution < -0.4 is 5.32 Å². The lowest BCUT2D eigenvalue weighted by molar-refractivity contribution is 0.0946. The Bertz CT molecular complexity index is 1180. The van der Waals surface area contributed by atoms with E-state index < -0.39 is 0 Å². The summed E-state index contributed by atoms with van der Waals surface area (Å²) >= 11 is 7.43. The van der Waals surface area contributed by atoms with E-state index in [1.165, 1.54) is 35.6 Å². The van der Waals surface area contributed by atoms with Gasteiger partial charge in [0, 0.05) is 30.0 Å². The summed E-state index contributed by atoms with van der Waals surface area (Å²) in [5.41, 5.74) is 3.21. The van der Waals surface area contributed by atoms with Gasteiger partial charge in [0.25, 0.3) is 5.91 Å². The second-order valence-electron chi connectivity index (χ2n) is 7.83. The number of nitrogens with one attached hydrogen (secondary N) is 1. The van der Waals surface area contributed by atoms with Gasteiger partial charge in [0.05, 0.1) is 6.54 Å². The number of carbonyl (C=O) groups is 1. The van der Waals surface area contributed by atoms with Gasteiger partial charge in [0.15, 0.2) is 0 Å². The minimum Gasteiger partial charge on any atom is -0.347 e. The minimum absolute atomic E-state index is 0.274. The van der Waals surface area contributed by atoms with Gasteiger partial charge in [-0.15, -0.1) is 11.3 Å². The molecule has 4 nitrogen and oxygen atoms in total. The molecule has 1 N–H and O–H groups in total. The number of benzene rings is 3. The highest BCUT2D eigenvalue weighted by molar-refractivity contribution is 7.09. The zero-order valence-corrected chi connectivity index (χ0v) is 19.8. The summed E-state index contributed by atoms with van der Waals surface area (Å²) in [6.07, 6.45) is 0. The first-order valence-electron chi connectivity index (χ1n) is 10.6. The highest BCUT2D eigenvalue weighted by Crippen LogP contribution is 2.19. The largest absolute Gasteiger partial charge is 0.347 e. The SMILES string of the molecule is O=C(NCc1ccc(F)cc1)c1csc(CN(Cc2ccc(F)cc2)Cc2ccc(Cl)cc2)n1. The molecule has 1 heterocycles. The Kier molecular flexibility index (Phi) is 8.00. The molecule has 0 atom stereocenters. The van der Waals surface area contributed by atoms with Crippen LogP contribution in [0.15, 0.2) is 78.2 Å². The number of hydrogen-bond acceptors (Lipinski definition) is 4. The molecule has 1 amide bonds. The number of amides is 1. The maximum Gasteiger partial charge on any atom is 0.271 e. The third kappa shape index (κ3) is 6.93. The second-order valence-corrected chi connectivity index (χ2v) is 9.21. The first-order valence-corrected chi connectivity index (χ1v) is 11.9. The third-order valence-corrected chi connectivity index (χ3v) is 6.23. The van der Waals surface area contributed by atoms with Gasteiger partial charge < -0.3 is 5.32 Å². The Morgan fingerprint density at radius 3 is 1.94 bits per heavy atom. The number of nitrogens with zero attached hydrogens (tertiary/aromatic N) is 2. The average Bonchev–Trinajstić information content (AvgIpc) is 3.30. The molecule has 0 radical (unpaired) electrons. The molecule has 0 aliphatic carbocycles. The average molecular weight is 498 g/mol. The normalized spacial score (nSPS) is 11.1. The number of hydrogen-bond donors (Lipinski definition) is 1. The lowest BCUT2D eigenvalue weighted by Gasteiger charge is -2.21. The van der Waals surface area contributed by atoms with E-state index in [0.717, 1.165) is 21.7 Å². The van der Waals surface area contributed by atoms with Crippen LogP contribution in [0.3, 0.4) is 0 Å². The van der Waals surface area contributed by atoms with E-state index in [1.807, 2.05) is 24.3 Å². The van der Waals surface area contributed by atoms with Gasteiger partial charge in [-0.3, -0.25) is 9.69 Å². The molecule has 0 fully saturated rings. The zero-order valence-electron chi connectivity index (χ0n) is 18.2. The Morgan fingerprint density at radius 1 is 0.824 bits per heavy atom. The number of thiazole rings is 1. The van der Waals surface area contributed by atoms with E-state index >= 15 is 0 Å². The quantitative estimate of drug-likeness (QED) is 0.299. The summed E-state index contributed by atoms with van der Waals surface area (Å²) in [4.78, 5) is 19.2. The molecule has 174 valence electrons. The van der Waals surface area contributed by atoms with Gasteiger partial charge in [-0.2, -0.15) is 0 Å². The molecule has 0 saturated heterocycles. The maximum atomic E-state index is 13.3. The number of halogens is 3. The molecule has 0 aliphatic rings. The summed E-state index contributed by atoms with van der Waals surface area (Å²) in [5.74, 6) is -0.873. The fraction of sp³-hybridized carbons (Fsp3) is 0.154. The van der Waals surface area contributed by atoms with Crippen molar-refractivity contribution in [2.75, 3.05) is 0 Å². The molecular formula is C26H22ClF2N3OS. The van der Waals surface area contributed by atoms with Gasteiger partial charge in [0.1, 0.15) is 22.3 Å². The lowest BCUT2D eigenvalue weighted by Crippen LogP contribution is -2.24. The monoisotopic (exact) mass is 497 g/mol. The molecule has 0 unspecified atom stereocenters. The topological polar surface area (TPSA) is 45.2 Å². The van der Waals surface area contributed by atoms with Crippen molar-refractivity contribution < 1.29 is 13.6 Å². The molecule has 34 heavy (non-hydrogen) atoms. The van der Waals surface area contributed by atoms with Crippen LogP contribution in [0, 0.1) is 11.6 Å². The predicted molar refractivity (Wildman–Crippen MR) is 130 cm³/mol. The summed E-state index contributed by atoms with van der Waals surface area (Å²) in [6, 6.07) is 20.0. The first kappa shape index (κ1) is 24.0. The standard InChI is InChI=1S/C26H22ClF2N3OS/c27-21-7-1-19(2-8-21)14-32(15-20-5-11-23(29)12-6-20)16-25-31-24(17-34-25)26(33)30-13-18-3-9-22(28)10-4-18/h1-12,17H,13-16H2,(H,30,33). The number of aromatic nitrogens is 1. The fourth-order valence-corrected chi connectivity index (χ4v) is 4.36. The van der Waals surface area contributed by atoms with Crippen LogP contribution in [0.2, 0.25) is 5.02 Å². The molecule has 3 aromatic carbocycles. The van der Waals surface area contributed by atoms with E-state index in [2.05, 4.69) is 15.2 Å². The Labute approximate surface area is 205 Å². The maximum absolute atomic E-state index is 13.3. The lowest BCUT2D eigenvalue weighted by atomic mass is 10.1. The molecule has 8 heteroatoms. The van der Waals surface area contributed by atoms with Crippen LogP contribution in [-0.4, -0.2) is 15.8 Å². The second kappa shape index (κ2) is 11.3. The highest BCUT2D eigenvalue weighted by Gasteiger charge is 2.15. The summed E-state index contributed by atoms with van der Waals surface area (Å²) in [5, 5.41) is 6.01. The molecule has 0 bridgehead atoms. The van der Waals surface area contributed by atoms with Gasteiger partial charge in [-0.05, 0) is 53.1 Å². The van der Waals surface area contributed by atoms with Crippen molar-refractivity contribution in [2.24, 2.45) is 0 Å². The summed E-state index contributed by atoms with van der Waals surface area (Å²) < 4.78 is 26.4. The Morgan fingerprint density at radius 2 is 1.35 bits per heavy atom. The van der Waals surface area contributed by atoms with Crippen molar-refractivity contribution in [1.29, 1.82) is 0 Å². The smallest absolute Gasteiger partial charge is 0.271 e. The summed E-state index contributed by atoms with van der Waals surface area (Å²) in [7, 11) is 0. The van der Waals surface area contributed by atoms with Crippen LogP contribution in [-0.2, 0) is 26.2 Å². The van der Waals surface area contributed by atoms with E-state index in [-0.39, 0.29) is 17.5 Å². The molecular weight excluding hydrogens is 476 g/mol. The van der Waals surface area contributed by atoms with E-state index in [4.69, 9.17) is 11.6 Å². The number of carbonyl (C=O) groups excluding carboxylic acids is 1. The van der Waals surface area contributed by atoms with E-state index in [0.29, 0.717) is 36.9 Å². The van der Waals surface area contributed by atoms with Crippen molar-refractivity contribution >= 4 is 28.8 Å². The fourth-order valence-electron chi connectivity index (χ4n) is 3.42. The molecule has 0 saturated carbocycles. The van der Waals surface area contributed by atoms with Crippen molar-refractivity contribution in [3.05, 3.63) is 122 Å². The van der Waals surface area contributed by atoms with Crippen LogP contribution >= 0.6 is 22.9 Å². The predicted octanol–water partition coefficient (Wildman–Crippen LogP) is 6.21. The van der Waals surface area contributed by atoms with Crippen molar-refractivity contribution in [3.8, 4) is 0 Å². The molecule has 1 aromatic heterocycles. The molecule has 4 aromatic rings. The van der Waals surface area contributed by atoms with Crippen LogP contribution in [0.25, 0.3) is 0 Å². The number of rotatable bonds is 9. The van der Waals surface area contributed by atoms with Crippen LogP contribution in [0.5, 0.6) is 0 Å². The zero-order chi connectivity index (χ0) is 23.9. The molecule has 0 spiro atoms. The van der Waals surface area contributed by atoms with Crippen molar-refractivity contribution in [1.82, 2.24) is 15.2 Å². The molecule has 0 aliphatic heterocycles. The first-order chi connectivity index (χ1) is 16.4. The summed E-state index contributed by atoms with van der Waals surface area (Å²) in [6.45, 7) is 2.05. The van der Waals surface area contributed by atoms with Gasteiger partial charge in [-0.1, -0.05) is 48.0 Å². The van der Waals surface area contributed by atoms with Crippen LogP contribution in [0.1, 0.15) is 32.2 Å². The minimum atomic E-state index is -0.317. The van der Waals surface area contributed by atoms with E-state index in [9.17, 15) is 13.6 Å². The van der Waals surface area contributed by atoms with Gasteiger partial charge >= 0.3 is 0 Å². The van der Waals surface area contributed by atoms with Gasteiger partial charge in [0.2, 0.25) is 0 Å². The van der Waals surface area contributed by atoms with Gasteiger partial charge in [-0.25, -0.2) is 13.8 Å². The third-order valence-electron chi connectivity index (χ3n) is 5.15. The van der Waals surface area contributed by atoms with Crippen molar-refractivity contribution in [3.63, 3.8) is 0 Å². The molecule has 4 rings (SSSR count). The van der Waals surface area contributed by atoms with E-state index in [1.54, 1.807) is 29.6 Å².